The van der Waals surface area contributed by atoms with Crippen LogP contribution in [0, 0.1) is 23.7 Å². The number of piperidine rings is 1. The molecule has 1 heterocycles. The van der Waals surface area contributed by atoms with Gasteiger partial charge < -0.3 is 10.6 Å². The Kier molecular flexibility index (Phi) is 4.34. The average Bonchev–Trinajstić information content (AvgIpc) is 3.28. The summed E-state index contributed by atoms with van der Waals surface area (Å²) in [7, 11) is 0. The largest absolute Gasteiger partial charge is 0.342 e. The Labute approximate surface area is 123 Å². The molecule has 3 fully saturated rings. The SMILES string of the molecule is CC(N)C1CCCN(C(=O)C2CC2C2CCCCC2)C1. The molecule has 0 spiro atoms. The van der Waals surface area contributed by atoms with Crippen LogP contribution in [0.1, 0.15) is 58.3 Å². The summed E-state index contributed by atoms with van der Waals surface area (Å²) in [6.07, 6.45) is 10.4. The van der Waals surface area contributed by atoms with E-state index in [0.717, 1.165) is 31.3 Å². The van der Waals surface area contributed by atoms with Crippen LogP contribution >= 0.6 is 0 Å². The van der Waals surface area contributed by atoms with Gasteiger partial charge in [0.25, 0.3) is 0 Å². The molecule has 3 aliphatic rings. The molecule has 20 heavy (non-hydrogen) atoms. The molecule has 0 aromatic carbocycles. The van der Waals surface area contributed by atoms with Gasteiger partial charge in [-0.1, -0.05) is 32.1 Å². The van der Waals surface area contributed by atoms with E-state index in [0.29, 0.717) is 17.7 Å². The summed E-state index contributed by atoms with van der Waals surface area (Å²) >= 11 is 0. The minimum Gasteiger partial charge on any atom is -0.342 e. The zero-order chi connectivity index (χ0) is 14.1. The third kappa shape index (κ3) is 3.03. The highest BCUT2D eigenvalue weighted by molar-refractivity contribution is 5.81. The molecule has 1 saturated heterocycles. The molecule has 2 saturated carbocycles. The average molecular weight is 278 g/mol. The van der Waals surface area contributed by atoms with E-state index >= 15 is 0 Å². The molecule has 3 nitrogen and oxygen atoms in total. The fraction of sp³-hybridized carbons (Fsp3) is 0.941. The Balaban J connectivity index is 1.52. The highest BCUT2D eigenvalue weighted by Gasteiger charge is 2.49. The molecule has 0 bridgehead atoms. The molecule has 2 aliphatic carbocycles. The number of carbonyl (C=O) groups is 1. The first-order valence-electron chi connectivity index (χ1n) is 8.71. The molecule has 114 valence electrons. The van der Waals surface area contributed by atoms with Gasteiger partial charge in [0.15, 0.2) is 0 Å². The minimum absolute atomic E-state index is 0.221. The Hall–Kier alpha value is -0.570. The van der Waals surface area contributed by atoms with Crippen LogP contribution in [0.4, 0.5) is 0 Å². The standard InChI is InChI=1S/C17H30N2O/c1-12(18)14-8-5-9-19(11-14)17(20)16-10-15(16)13-6-3-2-4-7-13/h12-16H,2-11,18H2,1H3. The molecule has 1 aliphatic heterocycles. The van der Waals surface area contributed by atoms with E-state index in [1.54, 1.807) is 0 Å². The maximum atomic E-state index is 12.7. The van der Waals surface area contributed by atoms with Crippen molar-refractivity contribution in [1.82, 2.24) is 4.90 Å². The summed E-state index contributed by atoms with van der Waals surface area (Å²) in [6, 6.07) is 0.221. The lowest BCUT2D eigenvalue weighted by Gasteiger charge is -2.35. The van der Waals surface area contributed by atoms with Gasteiger partial charge in [0, 0.05) is 25.0 Å². The molecular weight excluding hydrogens is 248 g/mol. The summed E-state index contributed by atoms with van der Waals surface area (Å²) in [4.78, 5) is 14.8. The van der Waals surface area contributed by atoms with Gasteiger partial charge in [0.05, 0.1) is 0 Å². The number of amides is 1. The van der Waals surface area contributed by atoms with E-state index in [4.69, 9.17) is 5.73 Å². The normalized spacial score (nSPS) is 36.7. The van der Waals surface area contributed by atoms with Crippen molar-refractivity contribution in [2.75, 3.05) is 13.1 Å². The summed E-state index contributed by atoms with van der Waals surface area (Å²) in [5.74, 6) is 2.90. The van der Waals surface area contributed by atoms with Crippen molar-refractivity contribution in [3.05, 3.63) is 0 Å². The van der Waals surface area contributed by atoms with Crippen LogP contribution in [0.5, 0.6) is 0 Å². The molecule has 4 unspecified atom stereocenters. The second kappa shape index (κ2) is 6.05. The molecular formula is C17H30N2O. The van der Waals surface area contributed by atoms with E-state index < -0.39 is 0 Å². The Morgan fingerprint density at radius 3 is 2.60 bits per heavy atom. The molecule has 2 N–H and O–H groups in total. The number of nitrogens with two attached hydrogens (primary N) is 1. The first-order valence-corrected chi connectivity index (χ1v) is 8.71. The van der Waals surface area contributed by atoms with Crippen LogP contribution in [-0.2, 0) is 4.79 Å². The van der Waals surface area contributed by atoms with E-state index in [9.17, 15) is 4.79 Å². The molecule has 4 atom stereocenters. The summed E-state index contributed by atoms with van der Waals surface area (Å²) in [5.41, 5.74) is 6.03. The highest BCUT2D eigenvalue weighted by Crippen LogP contribution is 2.50. The van der Waals surface area contributed by atoms with Gasteiger partial charge in [-0.15, -0.1) is 0 Å². The smallest absolute Gasteiger partial charge is 0.225 e. The van der Waals surface area contributed by atoms with Crippen molar-refractivity contribution in [2.45, 2.75) is 64.3 Å². The van der Waals surface area contributed by atoms with Gasteiger partial charge in [-0.05, 0) is 43.9 Å². The molecule has 3 rings (SSSR count). The highest BCUT2D eigenvalue weighted by atomic mass is 16.2. The monoisotopic (exact) mass is 278 g/mol. The van der Waals surface area contributed by atoms with Gasteiger partial charge in [-0.25, -0.2) is 0 Å². The summed E-state index contributed by atoms with van der Waals surface area (Å²) in [6.45, 7) is 3.96. The van der Waals surface area contributed by atoms with E-state index in [1.807, 2.05) is 0 Å². The van der Waals surface area contributed by atoms with Crippen LogP contribution in [0.2, 0.25) is 0 Å². The maximum absolute atomic E-state index is 12.7. The number of hydrogen-bond acceptors (Lipinski definition) is 2. The molecule has 1 amide bonds. The Bertz CT molecular complexity index is 349. The number of hydrogen-bond donors (Lipinski definition) is 1. The van der Waals surface area contributed by atoms with Gasteiger partial charge in [0.2, 0.25) is 5.91 Å². The van der Waals surface area contributed by atoms with Gasteiger partial charge in [0.1, 0.15) is 0 Å². The van der Waals surface area contributed by atoms with Crippen LogP contribution in [0.25, 0.3) is 0 Å². The zero-order valence-electron chi connectivity index (χ0n) is 12.9. The zero-order valence-corrected chi connectivity index (χ0v) is 12.9. The second-order valence-electron chi connectivity index (χ2n) is 7.45. The van der Waals surface area contributed by atoms with Gasteiger partial charge >= 0.3 is 0 Å². The van der Waals surface area contributed by atoms with Crippen molar-refractivity contribution in [3.63, 3.8) is 0 Å². The van der Waals surface area contributed by atoms with Crippen molar-refractivity contribution in [2.24, 2.45) is 29.4 Å². The first kappa shape index (κ1) is 14.4. The summed E-state index contributed by atoms with van der Waals surface area (Å²) < 4.78 is 0. The molecule has 0 radical (unpaired) electrons. The molecule has 3 heteroatoms. The third-order valence-corrected chi connectivity index (χ3v) is 5.93. The number of carbonyl (C=O) groups excluding carboxylic acids is 1. The van der Waals surface area contributed by atoms with Crippen molar-refractivity contribution >= 4 is 5.91 Å². The minimum atomic E-state index is 0.221. The third-order valence-electron chi connectivity index (χ3n) is 5.93. The van der Waals surface area contributed by atoms with Crippen molar-refractivity contribution in [1.29, 1.82) is 0 Å². The lowest BCUT2D eigenvalue weighted by Crippen LogP contribution is -2.45. The quantitative estimate of drug-likeness (QED) is 0.863. The lowest BCUT2D eigenvalue weighted by atomic mass is 9.85. The number of nitrogens with zero attached hydrogens (tertiary/aromatic N) is 1. The van der Waals surface area contributed by atoms with Crippen molar-refractivity contribution < 1.29 is 4.79 Å². The molecule has 0 aromatic rings. The van der Waals surface area contributed by atoms with E-state index in [-0.39, 0.29) is 6.04 Å². The number of rotatable bonds is 3. The van der Waals surface area contributed by atoms with Crippen molar-refractivity contribution in [3.8, 4) is 0 Å². The fourth-order valence-electron chi connectivity index (χ4n) is 4.46. The first-order chi connectivity index (χ1) is 9.66. The van der Waals surface area contributed by atoms with E-state index in [2.05, 4.69) is 11.8 Å². The van der Waals surface area contributed by atoms with Crippen LogP contribution in [0.15, 0.2) is 0 Å². The fourth-order valence-corrected chi connectivity index (χ4v) is 4.46. The summed E-state index contributed by atoms with van der Waals surface area (Å²) in [5, 5.41) is 0. The van der Waals surface area contributed by atoms with Crippen LogP contribution in [0.3, 0.4) is 0 Å². The lowest BCUT2D eigenvalue weighted by molar-refractivity contribution is -0.135. The van der Waals surface area contributed by atoms with Crippen LogP contribution in [-0.4, -0.2) is 29.9 Å². The van der Waals surface area contributed by atoms with Gasteiger partial charge in [-0.2, -0.15) is 0 Å². The van der Waals surface area contributed by atoms with Crippen LogP contribution < -0.4 is 5.73 Å². The Morgan fingerprint density at radius 2 is 1.90 bits per heavy atom. The topological polar surface area (TPSA) is 46.3 Å². The van der Waals surface area contributed by atoms with Gasteiger partial charge in [-0.3, -0.25) is 4.79 Å². The number of likely N-dealkylation sites (tertiary alicyclic amines) is 1. The molecule has 0 aromatic heterocycles. The predicted octanol–water partition coefficient (Wildman–Crippen LogP) is 2.79. The van der Waals surface area contributed by atoms with E-state index in [1.165, 1.54) is 44.9 Å². The second-order valence-corrected chi connectivity index (χ2v) is 7.45. The predicted molar refractivity (Wildman–Crippen MR) is 81.1 cm³/mol. The maximum Gasteiger partial charge on any atom is 0.225 e. The Morgan fingerprint density at radius 1 is 1.15 bits per heavy atom.